The third kappa shape index (κ3) is 4.27. The van der Waals surface area contributed by atoms with Crippen LogP contribution in [0, 0.1) is 5.92 Å². The summed E-state index contributed by atoms with van der Waals surface area (Å²) < 4.78 is 10.4. The number of carbonyl (C=O) groups is 3. The van der Waals surface area contributed by atoms with Gasteiger partial charge in [-0.25, -0.2) is 9.59 Å². The Morgan fingerprint density at radius 1 is 1.22 bits per heavy atom. The zero-order chi connectivity index (χ0) is 23.6. The molecule has 2 saturated heterocycles. The molecule has 0 radical (unpaired) electrons. The van der Waals surface area contributed by atoms with Gasteiger partial charge in [-0.05, 0) is 37.8 Å². The van der Waals surface area contributed by atoms with E-state index in [-0.39, 0.29) is 36.9 Å². The number of aliphatic hydroxyl groups is 1. The summed E-state index contributed by atoms with van der Waals surface area (Å²) in [6.07, 6.45) is 4.59. The second kappa shape index (κ2) is 9.56. The van der Waals surface area contributed by atoms with Gasteiger partial charge in [0, 0.05) is 6.54 Å². The molecule has 0 aromatic heterocycles. The first kappa shape index (κ1) is 23.5. The Bertz CT molecular complexity index is 915. The summed E-state index contributed by atoms with van der Waals surface area (Å²) in [7, 11) is 0. The molecule has 0 saturated carbocycles. The number of hydrogen-bond donors (Lipinski definition) is 1. The number of carbonyl (C=O) groups excluding carboxylic acids is 3. The normalized spacial score (nSPS) is 26.0. The van der Waals surface area contributed by atoms with Crippen molar-refractivity contribution in [1.82, 2.24) is 9.80 Å². The largest absolute Gasteiger partial charge is 0.457 e. The molecule has 8 nitrogen and oxygen atoms in total. The van der Waals surface area contributed by atoms with Gasteiger partial charge < -0.3 is 19.5 Å². The molecule has 0 bridgehead atoms. The molecule has 1 N–H and O–H groups in total. The van der Waals surface area contributed by atoms with Gasteiger partial charge in [0.2, 0.25) is 5.91 Å². The predicted molar refractivity (Wildman–Crippen MR) is 118 cm³/mol. The zero-order valence-corrected chi connectivity index (χ0v) is 18.6. The zero-order valence-electron chi connectivity index (χ0n) is 18.6. The van der Waals surface area contributed by atoms with Crippen LogP contribution in [0.15, 0.2) is 60.4 Å². The number of rotatable bonds is 8. The number of ether oxygens (including phenoxy) is 2. The Hall–Kier alpha value is -3.13. The van der Waals surface area contributed by atoms with Crippen molar-refractivity contribution in [2.75, 3.05) is 19.8 Å². The minimum Gasteiger partial charge on any atom is -0.457 e. The lowest BCUT2D eigenvalue weighted by molar-refractivity contribution is -0.162. The molecule has 3 rings (SSSR count). The maximum absolute atomic E-state index is 12.8. The SMILES string of the molecule is C=CCOC(=O)C1=C(C(C)=C[C@@H]2CC(=C)CN2C(=O)OCC=C)C[C@@H]2[C@@H]([C@@H](C)O)C(=O)N12. The van der Waals surface area contributed by atoms with Gasteiger partial charge in [0.05, 0.1) is 24.1 Å². The van der Waals surface area contributed by atoms with Crippen molar-refractivity contribution < 1.29 is 29.0 Å². The van der Waals surface area contributed by atoms with Gasteiger partial charge in [0.15, 0.2) is 0 Å². The van der Waals surface area contributed by atoms with Crippen LogP contribution in [0.2, 0.25) is 0 Å². The van der Waals surface area contributed by atoms with E-state index in [4.69, 9.17) is 9.47 Å². The standard InChI is InChI=1S/C24H30N2O6/c1-6-8-31-23(29)21-18(12-19-20(16(5)27)22(28)26(19)21)15(4)11-17-10-14(3)13-25(17)24(30)32-9-7-2/h6-7,11,16-17,19-20,27H,1-3,8-10,12-13H2,4-5H3/t16-,17+,19-,20-/m1/s1. The summed E-state index contributed by atoms with van der Waals surface area (Å²) in [5.74, 6) is -1.45. The van der Waals surface area contributed by atoms with Gasteiger partial charge in [0.25, 0.3) is 0 Å². The highest BCUT2D eigenvalue weighted by molar-refractivity contribution is 6.01. The molecular formula is C24H30N2O6. The van der Waals surface area contributed by atoms with Crippen LogP contribution in [-0.4, -0.2) is 70.8 Å². The lowest BCUT2D eigenvalue weighted by Crippen LogP contribution is -2.61. The van der Waals surface area contributed by atoms with Gasteiger partial charge >= 0.3 is 12.1 Å². The quantitative estimate of drug-likeness (QED) is 0.352. The minimum atomic E-state index is -0.814. The lowest BCUT2D eigenvalue weighted by atomic mass is 9.82. The molecular weight excluding hydrogens is 412 g/mol. The van der Waals surface area contributed by atoms with E-state index in [1.54, 1.807) is 11.8 Å². The van der Waals surface area contributed by atoms with Gasteiger partial charge in [0.1, 0.15) is 18.9 Å². The van der Waals surface area contributed by atoms with Crippen molar-refractivity contribution in [3.8, 4) is 0 Å². The third-order valence-corrected chi connectivity index (χ3v) is 6.02. The summed E-state index contributed by atoms with van der Waals surface area (Å²) in [4.78, 5) is 40.9. The van der Waals surface area contributed by atoms with Gasteiger partial charge in [-0.15, -0.1) is 0 Å². The summed E-state index contributed by atoms with van der Waals surface area (Å²) in [6, 6.07) is -0.575. The molecule has 2 amide bonds. The number of aliphatic hydroxyl groups excluding tert-OH is 1. The number of esters is 1. The number of likely N-dealkylation sites (tertiary alicyclic amines) is 1. The van der Waals surface area contributed by atoms with Crippen LogP contribution >= 0.6 is 0 Å². The molecule has 0 aromatic carbocycles. The molecule has 0 aromatic rings. The highest BCUT2D eigenvalue weighted by Crippen LogP contribution is 2.46. The van der Waals surface area contributed by atoms with Gasteiger partial charge in [-0.2, -0.15) is 0 Å². The molecule has 0 unspecified atom stereocenters. The van der Waals surface area contributed by atoms with E-state index in [1.165, 1.54) is 17.1 Å². The fourth-order valence-corrected chi connectivity index (χ4v) is 4.59. The average molecular weight is 443 g/mol. The number of hydrogen-bond acceptors (Lipinski definition) is 6. The van der Waals surface area contributed by atoms with Crippen LogP contribution in [-0.2, 0) is 19.1 Å². The average Bonchev–Trinajstić information content (AvgIpc) is 3.27. The van der Waals surface area contributed by atoms with Crippen molar-refractivity contribution in [3.05, 3.63) is 60.4 Å². The van der Waals surface area contributed by atoms with Gasteiger partial charge in [-0.1, -0.05) is 43.5 Å². The molecule has 0 spiro atoms. The van der Waals surface area contributed by atoms with Crippen molar-refractivity contribution in [2.24, 2.45) is 5.92 Å². The van der Waals surface area contributed by atoms with Gasteiger partial charge in [-0.3, -0.25) is 9.69 Å². The first-order valence-electron chi connectivity index (χ1n) is 10.6. The second-order valence-electron chi connectivity index (χ2n) is 8.33. The summed E-state index contributed by atoms with van der Waals surface area (Å²) in [5.41, 5.74) is 2.54. The van der Waals surface area contributed by atoms with E-state index < -0.39 is 24.1 Å². The number of allylic oxidation sites excluding steroid dienone is 1. The number of β-lactam (4-membered cyclic amide) rings is 1. The fourth-order valence-electron chi connectivity index (χ4n) is 4.59. The molecule has 2 fully saturated rings. The molecule has 3 aliphatic rings. The minimum absolute atomic E-state index is 0.0241. The van der Waals surface area contributed by atoms with Crippen LogP contribution in [0.4, 0.5) is 4.79 Å². The molecule has 3 aliphatic heterocycles. The number of fused-ring (bicyclic) bond motifs is 1. The Morgan fingerprint density at radius 2 is 1.88 bits per heavy atom. The first-order valence-corrected chi connectivity index (χ1v) is 10.6. The molecule has 172 valence electrons. The molecule has 8 heteroatoms. The van der Waals surface area contributed by atoms with Crippen molar-refractivity contribution in [1.29, 1.82) is 0 Å². The van der Waals surface area contributed by atoms with E-state index in [9.17, 15) is 19.5 Å². The van der Waals surface area contributed by atoms with E-state index in [2.05, 4.69) is 19.7 Å². The fraction of sp³-hybridized carbons (Fsp3) is 0.458. The second-order valence-corrected chi connectivity index (χ2v) is 8.33. The highest BCUT2D eigenvalue weighted by atomic mass is 16.6. The summed E-state index contributed by atoms with van der Waals surface area (Å²) in [6.45, 7) is 15.0. The van der Waals surface area contributed by atoms with Crippen LogP contribution in [0.3, 0.4) is 0 Å². The molecule has 32 heavy (non-hydrogen) atoms. The van der Waals surface area contributed by atoms with E-state index >= 15 is 0 Å². The van der Waals surface area contributed by atoms with Crippen LogP contribution in [0.1, 0.15) is 26.7 Å². The predicted octanol–water partition coefficient (Wildman–Crippen LogP) is 2.48. The maximum Gasteiger partial charge on any atom is 0.410 e. The third-order valence-electron chi connectivity index (χ3n) is 6.02. The maximum atomic E-state index is 12.8. The first-order chi connectivity index (χ1) is 15.2. The van der Waals surface area contributed by atoms with E-state index in [0.717, 1.165) is 11.1 Å². The van der Waals surface area contributed by atoms with Crippen LogP contribution in [0.25, 0.3) is 0 Å². The topological polar surface area (TPSA) is 96.4 Å². The smallest absolute Gasteiger partial charge is 0.410 e. The van der Waals surface area contributed by atoms with Crippen LogP contribution in [0.5, 0.6) is 0 Å². The summed E-state index contributed by atoms with van der Waals surface area (Å²) >= 11 is 0. The summed E-state index contributed by atoms with van der Waals surface area (Å²) in [5, 5.41) is 10.0. The van der Waals surface area contributed by atoms with Crippen molar-refractivity contribution >= 4 is 18.0 Å². The Kier molecular flexibility index (Phi) is 7.03. The van der Waals surface area contributed by atoms with Crippen molar-refractivity contribution in [3.63, 3.8) is 0 Å². The van der Waals surface area contributed by atoms with E-state index in [1.807, 2.05) is 13.0 Å². The highest BCUT2D eigenvalue weighted by Gasteiger charge is 2.57. The molecule has 3 heterocycles. The monoisotopic (exact) mass is 442 g/mol. The molecule has 4 atom stereocenters. The number of nitrogens with zero attached hydrogens (tertiary/aromatic N) is 2. The van der Waals surface area contributed by atoms with Crippen molar-refractivity contribution in [2.45, 2.75) is 44.9 Å². The Labute approximate surface area is 188 Å². The molecule has 0 aliphatic carbocycles. The Balaban J connectivity index is 1.91. The van der Waals surface area contributed by atoms with E-state index in [0.29, 0.717) is 25.0 Å². The van der Waals surface area contributed by atoms with Crippen LogP contribution < -0.4 is 0 Å². The lowest BCUT2D eigenvalue weighted by Gasteiger charge is -2.44. The number of amides is 2. The Morgan fingerprint density at radius 3 is 2.50 bits per heavy atom.